The Labute approximate surface area is 192 Å². The predicted molar refractivity (Wildman–Crippen MR) is 125 cm³/mol. The molecule has 2 rings (SSSR count). The van der Waals surface area contributed by atoms with E-state index in [1.165, 1.54) is 6.07 Å². The highest BCUT2D eigenvalue weighted by molar-refractivity contribution is 14.0. The second-order valence-electron chi connectivity index (χ2n) is 6.31. The van der Waals surface area contributed by atoms with Crippen LogP contribution in [0.15, 0.2) is 47.5 Å². The van der Waals surface area contributed by atoms with Crippen molar-refractivity contribution in [2.75, 3.05) is 13.6 Å². The number of nitrogens with one attached hydrogen (secondary N) is 3. The number of halogens is 3. The molecule has 1 amide bonds. The van der Waals surface area contributed by atoms with E-state index in [0.717, 1.165) is 11.1 Å². The van der Waals surface area contributed by atoms with Crippen molar-refractivity contribution < 1.29 is 18.3 Å². The molecule has 0 heterocycles. The lowest BCUT2D eigenvalue weighted by Gasteiger charge is -2.15. The zero-order chi connectivity index (χ0) is 21.2. The lowest BCUT2D eigenvalue weighted by molar-refractivity contribution is -0.0504. The molecule has 0 aliphatic heterocycles. The van der Waals surface area contributed by atoms with Gasteiger partial charge in [0.2, 0.25) is 0 Å². The third-order valence-electron chi connectivity index (χ3n) is 4.09. The first-order valence-corrected chi connectivity index (χ1v) is 9.30. The number of hydrogen-bond donors (Lipinski definition) is 3. The van der Waals surface area contributed by atoms with E-state index < -0.39 is 6.61 Å². The molecule has 0 aromatic heterocycles. The molecule has 3 N–H and O–H groups in total. The fourth-order valence-corrected chi connectivity index (χ4v) is 2.65. The minimum Gasteiger partial charge on any atom is -0.434 e. The van der Waals surface area contributed by atoms with Crippen LogP contribution >= 0.6 is 24.0 Å². The number of amides is 1. The molecular formula is C21H27F2IN4O2. The summed E-state index contributed by atoms with van der Waals surface area (Å²) in [6.45, 7) is 2.28. The number of nitrogens with zero attached hydrogens (tertiary/aromatic N) is 1. The van der Waals surface area contributed by atoms with Gasteiger partial charge in [-0.05, 0) is 37.6 Å². The SMILES string of the molecule is CCNC(=NCc1ccc(C(=O)NC)cc1)NCc1cc(C)ccc1OC(F)F.I. The Balaban J connectivity index is 0.00000450. The zero-order valence-electron chi connectivity index (χ0n) is 17.2. The van der Waals surface area contributed by atoms with Gasteiger partial charge in [-0.2, -0.15) is 8.78 Å². The molecule has 0 atom stereocenters. The average Bonchev–Trinajstić information content (AvgIpc) is 2.71. The first-order chi connectivity index (χ1) is 13.9. The fourth-order valence-electron chi connectivity index (χ4n) is 2.65. The van der Waals surface area contributed by atoms with Crippen LogP contribution in [0.5, 0.6) is 5.75 Å². The van der Waals surface area contributed by atoms with Crippen molar-refractivity contribution in [3.63, 3.8) is 0 Å². The van der Waals surface area contributed by atoms with E-state index in [9.17, 15) is 13.6 Å². The molecule has 0 radical (unpaired) electrons. The van der Waals surface area contributed by atoms with Crippen molar-refractivity contribution >= 4 is 35.8 Å². The molecule has 0 fully saturated rings. The molecule has 2 aromatic rings. The Kier molecular flexibility index (Phi) is 11.1. The summed E-state index contributed by atoms with van der Waals surface area (Å²) in [5.74, 6) is 0.543. The minimum atomic E-state index is -2.88. The third-order valence-corrected chi connectivity index (χ3v) is 4.09. The van der Waals surface area contributed by atoms with E-state index in [1.54, 1.807) is 31.3 Å². The van der Waals surface area contributed by atoms with E-state index in [4.69, 9.17) is 0 Å². The number of carbonyl (C=O) groups is 1. The minimum absolute atomic E-state index is 0. The molecular weight excluding hydrogens is 505 g/mol. The molecule has 2 aromatic carbocycles. The van der Waals surface area contributed by atoms with Gasteiger partial charge in [0.1, 0.15) is 5.75 Å². The van der Waals surface area contributed by atoms with E-state index in [1.807, 2.05) is 26.0 Å². The number of guanidine groups is 1. The van der Waals surface area contributed by atoms with Crippen molar-refractivity contribution in [3.05, 3.63) is 64.7 Å². The van der Waals surface area contributed by atoms with Gasteiger partial charge in [-0.3, -0.25) is 4.79 Å². The number of aryl methyl sites for hydroxylation is 1. The standard InChI is InChI=1S/C21H26F2N4O2.HI/c1-4-25-21(26-12-15-6-8-16(9-7-15)19(28)24-3)27-13-17-11-14(2)5-10-18(17)29-20(22)23;/h5-11,20H,4,12-13H2,1-3H3,(H,24,28)(H2,25,26,27);1H. The molecule has 30 heavy (non-hydrogen) atoms. The summed E-state index contributed by atoms with van der Waals surface area (Å²) in [7, 11) is 1.58. The Morgan fingerprint density at radius 2 is 1.83 bits per heavy atom. The van der Waals surface area contributed by atoms with E-state index in [0.29, 0.717) is 30.2 Å². The van der Waals surface area contributed by atoms with Gasteiger partial charge in [0.05, 0.1) is 6.54 Å². The smallest absolute Gasteiger partial charge is 0.387 e. The van der Waals surface area contributed by atoms with Gasteiger partial charge in [-0.25, -0.2) is 4.99 Å². The molecule has 6 nitrogen and oxygen atoms in total. The van der Waals surface area contributed by atoms with E-state index in [-0.39, 0.29) is 42.2 Å². The summed E-state index contributed by atoms with van der Waals surface area (Å²) in [6.07, 6.45) is 0. The maximum absolute atomic E-state index is 12.6. The number of ether oxygens (including phenoxy) is 1. The number of carbonyl (C=O) groups excluding carboxylic acids is 1. The highest BCUT2D eigenvalue weighted by Crippen LogP contribution is 2.22. The van der Waals surface area contributed by atoms with Crippen LogP contribution in [0, 0.1) is 6.92 Å². The van der Waals surface area contributed by atoms with Crippen LogP contribution in [-0.4, -0.2) is 32.1 Å². The topological polar surface area (TPSA) is 74.8 Å². The highest BCUT2D eigenvalue weighted by Gasteiger charge is 2.10. The number of aliphatic imine (C=N–C) groups is 1. The predicted octanol–water partition coefficient (Wildman–Crippen LogP) is 3.83. The van der Waals surface area contributed by atoms with Crippen molar-refractivity contribution in [1.82, 2.24) is 16.0 Å². The average molecular weight is 532 g/mol. The maximum Gasteiger partial charge on any atom is 0.387 e. The van der Waals surface area contributed by atoms with Crippen LogP contribution in [0.4, 0.5) is 8.78 Å². The molecule has 164 valence electrons. The molecule has 0 saturated heterocycles. The van der Waals surface area contributed by atoms with Crippen LogP contribution < -0.4 is 20.7 Å². The summed E-state index contributed by atoms with van der Waals surface area (Å²) < 4.78 is 29.8. The molecule has 0 aliphatic carbocycles. The molecule has 0 unspecified atom stereocenters. The first kappa shape index (κ1) is 25.6. The number of benzene rings is 2. The van der Waals surface area contributed by atoms with Crippen molar-refractivity contribution in [2.45, 2.75) is 33.5 Å². The van der Waals surface area contributed by atoms with Crippen molar-refractivity contribution in [3.8, 4) is 5.75 Å². The van der Waals surface area contributed by atoms with Crippen LogP contribution in [0.25, 0.3) is 0 Å². The van der Waals surface area contributed by atoms with Crippen LogP contribution in [0.1, 0.15) is 34.0 Å². The Morgan fingerprint density at radius 3 is 2.43 bits per heavy atom. The van der Waals surface area contributed by atoms with Gasteiger partial charge in [-0.15, -0.1) is 24.0 Å². The summed E-state index contributed by atoms with van der Waals surface area (Å²) in [6, 6.07) is 12.2. The number of hydrogen-bond acceptors (Lipinski definition) is 3. The number of rotatable bonds is 8. The van der Waals surface area contributed by atoms with Crippen LogP contribution in [0.2, 0.25) is 0 Å². The summed E-state index contributed by atoms with van der Waals surface area (Å²) in [5, 5.41) is 8.84. The zero-order valence-corrected chi connectivity index (χ0v) is 19.5. The Bertz CT molecular complexity index is 845. The highest BCUT2D eigenvalue weighted by atomic mass is 127. The van der Waals surface area contributed by atoms with E-state index in [2.05, 4.69) is 25.7 Å². The van der Waals surface area contributed by atoms with Gasteiger partial charge in [0.25, 0.3) is 5.91 Å². The van der Waals surface area contributed by atoms with Gasteiger partial charge in [-0.1, -0.05) is 29.8 Å². The third kappa shape index (κ3) is 8.13. The molecule has 0 saturated carbocycles. The second kappa shape index (κ2) is 13.0. The Morgan fingerprint density at radius 1 is 1.13 bits per heavy atom. The van der Waals surface area contributed by atoms with Gasteiger partial charge in [0.15, 0.2) is 5.96 Å². The molecule has 0 aliphatic rings. The lowest BCUT2D eigenvalue weighted by atomic mass is 10.1. The maximum atomic E-state index is 12.6. The molecule has 9 heteroatoms. The first-order valence-electron chi connectivity index (χ1n) is 9.30. The van der Waals surface area contributed by atoms with Crippen LogP contribution in [-0.2, 0) is 13.1 Å². The lowest BCUT2D eigenvalue weighted by Crippen LogP contribution is -2.36. The fraction of sp³-hybridized carbons (Fsp3) is 0.333. The number of alkyl halides is 2. The summed E-state index contributed by atoms with van der Waals surface area (Å²) in [5.41, 5.74) is 3.08. The van der Waals surface area contributed by atoms with Crippen LogP contribution in [0.3, 0.4) is 0 Å². The van der Waals surface area contributed by atoms with Gasteiger partial charge < -0.3 is 20.7 Å². The summed E-state index contributed by atoms with van der Waals surface area (Å²) in [4.78, 5) is 16.1. The molecule has 0 bridgehead atoms. The van der Waals surface area contributed by atoms with E-state index >= 15 is 0 Å². The second-order valence-corrected chi connectivity index (χ2v) is 6.31. The normalized spacial score (nSPS) is 10.9. The van der Waals surface area contributed by atoms with Gasteiger partial charge in [0, 0.05) is 31.3 Å². The van der Waals surface area contributed by atoms with Crippen molar-refractivity contribution in [1.29, 1.82) is 0 Å². The van der Waals surface area contributed by atoms with Crippen molar-refractivity contribution in [2.24, 2.45) is 4.99 Å². The summed E-state index contributed by atoms with van der Waals surface area (Å²) >= 11 is 0. The Hall–Kier alpha value is -2.43. The van der Waals surface area contributed by atoms with Gasteiger partial charge >= 0.3 is 6.61 Å². The monoisotopic (exact) mass is 532 g/mol. The quantitative estimate of drug-likeness (QED) is 0.275. The largest absolute Gasteiger partial charge is 0.434 e. The molecule has 0 spiro atoms.